The summed E-state index contributed by atoms with van der Waals surface area (Å²) in [6.45, 7) is 1.03. The number of nitrogens with one attached hydrogen (secondary N) is 2. The highest BCUT2D eigenvalue weighted by atomic mass is 32.1. The number of carbonyl (C=O) groups is 1. The molecule has 2 N–H and O–H groups in total. The molecule has 5 rings (SSSR count). The van der Waals surface area contributed by atoms with Gasteiger partial charge in [0.25, 0.3) is 0 Å². The quantitative estimate of drug-likeness (QED) is 0.539. The molecule has 0 fully saturated rings. The fourth-order valence-corrected chi connectivity index (χ4v) is 3.74. The molecule has 140 valence electrons. The van der Waals surface area contributed by atoms with Gasteiger partial charge in [0.2, 0.25) is 0 Å². The number of imidazole rings is 1. The highest BCUT2D eigenvalue weighted by Gasteiger charge is 2.13. The van der Waals surface area contributed by atoms with Crippen LogP contribution in [0.15, 0.2) is 60.2 Å². The Kier molecular flexibility index (Phi) is 4.10. The van der Waals surface area contributed by atoms with Crippen molar-refractivity contribution in [2.45, 2.75) is 0 Å². The number of urea groups is 1. The number of hydrogen-bond acceptors (Lipinski definition) is 5. The van der Waals surface area contributed by atoms with E-state index in [-0.39, 0.29) is 6.03 Å². The van der Waals surface area contributed by atoms with Crippen LogP contribution in [0.25, 0.3) is 16.2 Å². The van der Waals surface area contributed by atoms with E-state index in [4.69, 9.17) is 9.47 Å². The van der Waals surface area contributed by atoms with E-state index < -0.39 is 0 Å². The number of ether oxygens (including phenoxy) is 2. The number of carbonyl (C=O) groups excluding carboxylic acids is 1. The van der Waals surface area contributed by atoms with Crippen LogP contribution in [0.4, 0.5) is 16.2 Å². The van der Waals surface area contributed by atoms with Crippen LogP contribution < -0.4 is 20.1 Å². The van der Waals surface area contributed by atoms with Gasteiger partial charge in [0, 0.05) is 40.8 Å². The fraction of sp³-hybridized carbons (Fsp3) is 0.100. The van der Waals surface area contributed by atoms with Crippen molar-refractivity contribution in [3.05, 3.63) is 60.2 Å². The summed E-state index contributed by atoms with van der Waals surface area (Å²) in [4.78, 5) is 17.9. The lowest BCUT2D eigenvalue weighted by molar-refractivity contribution is 0.171. The molecule has 0 radical (unpaired) electrons. The van der Waals surface area contributed by atoms with Gasteiger partial charge >= 0.3 is 6.03 Å². The minimum absolute atomic E-state index is 0.334. The number of thiazole rings is 1. The molecule has 2 aromatic carbocycles. The maximum absolute atomic E-state index is 12.4. The normalized spacial score (nSPS) is 12.7. The third kappa shape index (κ3) is 3.25. The van der Waals surface area contributed by atoms with Crippen LogP contribution in [0, 0.1) is 0 Å². The van der Waals surface area contributed by atoms with Gasteiger partial charge in [-0.1, -0.05) is 12.1 Å². The predicted octanol–water partition coefficient (Wildman–Crippen LogP) is 4.48. The minimum Gasteiger partial charge on any atom is -0.486 e. The number of amides is 2. The second-order valence-electron chi connectivity index (χ2n) is 6.24. The number of rotatable bonds is 3. The number of anilines is 2. The molecule has 0 spiro atoms. The van der Waals surface area contributed by atoms with Crippen LogP contribution in [-0.2, 0) is 0 Å². The van der Waals surface area contributed by atoms with Gasteiger partial charge in [-0.25, -0.2) is 9.78 Å². The maximum Gasteiger partial charge on any atom is 0.323 e. The summed E-state index contributed by atoms with van der Waals surface area (Å²) < 4.78 is 13.0. The highest BCUT2D eigenvalue weighted by Crippen LogP contribution is 2.32. The zero-order valence-corrected chi connectivity index (χ0v) is 15.5. The van der Waals surface area contributed by atoms with Gasteiger partial charge in [0.15, 0.2) is 16.5 Å². The smallest absolute Gasteiger partial charge is 0.323 e. The second-order valence-corrected chi connectivity index (χ2v) is 7.11. The van der Waals surface area contributed by atoms with Gasteiger partial charge < -0.3 is 20.1 Å². The zero-order valence-electron chi connectivity index (χ0n) is 14.7. The Hall–Kier alpha value is -3.52. The Morgan fingerprint density at radius 2 is 1.86 bits per heavy atom. The Balaban J connectivity index is 1.30. The lowest BCUT2D eigenvalue weighted by Crippen LogP contribution is -2.20. The lowest BCUT2D eigenvalue weighted by atomic mass is 10.1. The number of aromatic nitrogens is 2. The van der Waals surface area contributed by atoms with Crippen LogP contribution in [0.1, 0.15) is 0 Å². The first-order valence-electron chi connectivity index (χ1n) is 8.75. The van der Waals surface area contributed by atoms with Crippen molar-refractivity contribution in [3.8, 4) is 22.8 Å². The summed E-state index contributed by atoms with van der Waals surface area (Å²) in [6, 6.07) is 12.6. The van der Waals surface area contributed by atoms with Crippen LogP contribution in [0.5, 0.6) is 11.5 Å². The Bertz CT molecular complexity index is 1140. The minimum atomic E-state index is -0.334. The summed E-state index contributed by atoms with van der Waals surface area (Å²) in [5.74, 6) is 1.32. The predicted molar refractivity (Wildman–Crippen MR) is 109 cm³/mol. The molecule has 0 saturated heterocycles. The first-order chi connectivity index (χ1) is 13.7. The van der Waals surface area contributed by atoms with E-state index in [1.54, 1.807) is 29.5 Å². The van der Waals surface area contributed by atoms with Crippen molar-refractivity contribution < 1.29 is 14.3 Å². The molecule has 0 bridgehead atoms. The van der Waals surface area contributed by atoms with Gasteiger partial charge in [-0.05, 0) is 24.3 Å². The molecule has 0 atom stereocenters. The Morgan fingerprint density at radius 3 is 2.71 bits per heavy atom. The lowest BCUT2D eigenvalue weighted by Gasteiger charge is -2.19. The SMILES string of the molecule is O=C(Nc1cccc(-c2cn3ccsc3n2)c1)Nc1ccc2c(c1)OCCO2. The molecular formula is C20H16N4O3S. The number of nitrogens with zero attached hydrogens (tertiary/aromatic N) is 2. The summed E-state index contributed by atoms with van der Waals surface area (Å²) in [7, 11) is 0. The molecule has 0 aliphatic carbocycles. The molecule has 0 unspecified atom stereocenters. The van der Waals surface area contributed by atoms with Gasteiger partial charge in [-0.2, -0.15) is 0 Å². The molecule has 28 heavy (non-hydrogen) atoms. The van der Waals surface area contributed by atoms with E-state index in [0.29, 0.717) is 36.1 Å². The van der Waals surface area contributed by atoms with Crippen molar-refractivity contribution >= 4 is 33.7 Å². The average Bonchev–Trinajstić information content (AvgIpc) is 3.30. The number of hydrogen-bond donors (Lipinski definition) is 2. The monoisotopic (exact) mass is 392 g/mol. The maximum atomic E-state index is 12.4. The van der Waals surface area contributed by atoms with Gasteiger partial charge in [-0.15, -0.1) is 11.3 Å². The molecule has 2 amide bonds. The first kappa shape index (κ1) is 16.6. The van der Waals surface area contributed by atoms with Crippen LogP contribution in [0.3, 0.4) is 0 Å². The summed E-state index contributed by atoms with van der Waals surface area (Å²) in [5, 5.41) is 7.66. The average molecular weight is 392 g/mol. The van der Waals surface area contributed by atoms with Crippen molar-refractivity contribution in [3.63, 3.8) is 0 Å². The number of fused-ring (bicyclic) bond motifs is 2. The van der Waals surface area contributed by atoms with E-state index in [1.165, 1.54) is 0 Å². The molecule has 0 saturated carbocycles. The van der Waals surface area contributed by atoms with Crippen molar-refractivity contribution in [2.24, 2.45) is 0 Å². The topological polar surface area (TPSA) is 76.9 Å². The standard InChI is InChI=1S/C20H16N4O3S/c25-19(22-15-4-5-17-18(11-15)27-8-7-26-17)21-14-3-1-2-13(10-14)16-12-24-6-9-28-20(24)23-16/h1-6,9-12H,7-8H2,(H2,21,22,25). The van der Waals surface area contributed by atoms with Gasteiger partial charge in [0.05, 0.1) is 5.69 Å². The molecule has 1 aliphatic rings. The Morgan fingerprint density at radius 1 is 1.04 bits per heavy atom. The van der Waals surface area contributed by atoms with Crippen molar-refractivity contribution in [2.75, 3.05) is 23.8 Å². The van der Waals surface area contributed by atoms with E-state index in [2.05, 4.69) is 15.6 Å². The fourth-order valence-electron chi connectivity index (χ4n) is 3.04. The first-order valence-corrected chi connectivity index (χ1v) is 9.63. The summed E-state index contributed by atoms with van der Waals surface area (Å²) in [5.41, 5.74) is 3.12. The molecule has 7 nitrogen and oxygen atoms in total. The molecular weight excluding hydrogens is 376 g/mol. The molecule has 2 aromatic heterocycles. The summed E-state index contributed by atoms with van der Waals surface area (Å²) in [6.07, 6.45) is 3.94. The third-order valence-electron chi connectivity index (χ3n) is 4.31. The molecule has 1 aliphatic heterocycles. The second kappa shape index (κ2) is 6.90. The molecule has 3 heterocycles. The van der Waals surface area contributed by atoms with Crippen LogP contribution >= 0.6 is 11.3 Å². The van der Waals surface area contributed by atoms with Gasteiger partial charge in [0.1, 0.15) is 13.2 Å². The molecule has 4 aromatic rings. The largest absolute Gasteiger partial charge is 0.486 e. The van der Waals surface area contributed by atoms with E-state index in [0.717, 1.165) is 16.2 Å². The molecule has 8 heteroatoms. The van der Waals surface area contributed by atoms with Crippen LogP contribution in [-0.4, -0.2) is 28.6 Å². The third-order valence-corrected chi connectivity index (χ3v) is 5.08. The van der Waals surface area contributed by atoms with E-state index in [9.17, 15) is 4.79 Å². The van der Waals surface area contributed by atoms with E-state index in [1.807, 2.05) is 46.4 Å². The summed E-state index contributed by atoms with van der Waals surface area (Å²) >= 11 is 1.58. The highest BCUT2D eigenvalue weighted by molar-refractivity contribution is 7.15. The van der Waals surface area contributed by atoms with Gasteiger partial charge in [-0.3, -0.25) is 4.40 Å². The van der Waals surface area contributed by atoms with E-state index >= 15 is 0 Å². The number of benzene rings is 2. The zero-order chi connectivity index (χ0) is 18.9. The Labute approximate surface area is 164 Å². The van der Waals surface area contributed by atoms with Crippen molar-refractivity contribution in [1.29, 1.82) is 0 Å². The van der Waals surface area contributed by atoms with Crippen LogP contribution in [0.2, 0.25) is 0 Å². The van der Waals surface area contributed by atoms with Crippen molar-refractivity contribution in [1.82, 2.24) is 9.38 Å².